The Hall–Kier alpha value is -2.83. The molecule has 6 nitrogen and oxygen atoms in total. The Balaban J connectivity index is 1.88. The summed E-state index contributed by atoms with van der Waals surface area (Å²) in [5.74, 6) is -0.187. The van der Waals surface area contributed by atoms with Crippen LogP contribution in [-0.4, -0.2) is 24.9 Å². The number of rotatable bonds is 6. The fraction of sp³-hybridized carbons (Fsp3) is 0.190. The van der Waals surface area contributed by atoms with E-state index in [1.807, 2.05) is 6.92 Å². The van der Waals surface area contributed by atoms with Crippen LogP contribution in [0.5, 0.6) is 11.5 Å². The van der Waals surface area contributed by atoms with Crippen molar-refractivity contribution in [2.45, 2.75) is 19.8 Å². The van der Waals surface area contributed by atoms with Gasteiger partial charge >= 0.3 is 11.9 Å². The van der Waals surface area contributed by atoms with Gasteiger partial charge in [-0.2, -0.15) is 0 Å². The first-order valence-corrected chi connectivity index (χ1v) is 9.53. The minimum Gasteiger partial charge on any atom is -0.493 e. The lowest BCUT2D eigenvalue weighted by molar-refractivity contribution is -0.134. The summed E-state index contributed by atoms with van der Waals surface area (Å²) in [6.07, 6.45) is 2.54. The largest absolute Gasteiger partial charge is 0.493 e. The molecule has 0 spiro atoms. The van der Waals surface area contributed by atoms with Crippen LogP contribution in [0.25, 0.3) is 6.08 Å². The highest BCUT2D eigenvalue weighted by Gasteiger charge is 2.26. The van der Waals surface area contributed by atoms with Crippen LogP contribution in [-0.2, 0) is 14.3 Å². The Morgan fingerprint density at radius 2 is 1.97 bits per heavy atom. The molecule has 0 unspecified atom stereocenters. The van der Waals surface area contributed by atoms with Gasteiger partial charge in [0.15, 0.2) is 17.2 Å². The van der Waals surface area contributed by atoms with Crippen LogP contribution in [0.3, 0.4) is 0 Å². The lowest BCUT2D eigenvalue weighted by Gasteiger charge is -2.09. The van der Waals surface area contributed by atoms with Crippen molar-refractivity contribution in [1.29, 1.82) is 0 Å². The van der Waals surface area contributed by atoms with Gasteiger partial charge < -0.3 is 14.2 Å². The van der Waals surface area contributed by atoms with Crippen molar-refractivity contribution in [2.75, 3.05) is 7.11 Å². The standard InChI is InChI=1S/C21H17Cl2NO5/c1-3-4-19(25)28-17-8-5-12(10-18(17)27-2)9-16-21(26)29-20(24-16)14-7-6-13(22)11-15(14)23/h5-11H,3-4H2,1-2H3/b16-9-. The maximum Gasteiger partial charge on any atom is 0.363 e. The third-order valence-corrected chi connectivity index (χ3v) is 4.50. The van der Waals surface area contributed by atoms with Crippen LogP contribution >= 0.6 is 23.2 Å². The van der Waals surface area contributed by atoms with Gasteiger partial charge in [-0.25, -0.2) is 9.79 Å². The van der Waals surface area contributed by atoms with Gasteiger partial charge in [-0.15, -0.1) is 0 Å². The number of nitrogens with zero attached hydrogens (tertiary/aromatic N) is 1. The number of aliphatic imine (C=N–C) groups is 1. The lowest BCUT2D eigenvalue weighted by atomic mass is 10.1. The number of halogens is 2. The maximum atomic E-state index is 12.2. The first-order chi connectivity index (χ1) is 13.9. The normalized spacial score (nSPS) is 14.6. The predicted molar refractivity (Wildman–Crippen MR) is 111 cm³/mol. The van der Waals surface area contributed by atoms with Gasteiger partial charge in [-0.1, -0.05) is 36.2 Å². The second-order valence-electron chi connectivity index (χ2n) is 6.09. The quantitative estimate of drug-likeness (QED) is 0.361. The summed E-state index contributed by atoms with van der Waals surface area (Å²) < 4.78 is 15.8. The number of methoxy groups -OCH3 is 1. The molecule has 0 fully saturated rings. The van der Waals surface area contributed by atoms with E-state index in [2.05, 4.69) is 4.99 Å². The third-order valence-electron chi connectivity index (χ3n) is 3.95. The SMILES string of the molecule is CCCC(=O)Oc1ccc(/C=C2\N=C(c3ccc(Cl)cc3Cl)OC2=O)cc1OC. The van der Waals surface area contributed by atoms with E-state index in [0.717, 1.165) is 0 Å². The van der Waals surface area contributed by atoms with Crippen LogP contribution in [0.2, 0.25) is 10.0 Å². The molecular weight excluding hydrogens is 417 g/mol. The van der Waals surface area contributed by atoms with E-state index in [0.29, 0.717) is 45.5 Å². The van der Waals surface area contributed by atoms with E-state index in [-0.39, 0.29) is 17.6 Å². The second kappa shape index (κ2) is 9.11. The number of carbonyl (C=O) groups excluding carboxylic acids is 2. The van der Waals surface area contributed by atoms with Gasteiger partial charge in [0, 0.05) is 11.4 Å². The summed E-state index contributed by atoms with van der Waals surface area (Å²) >= 11 is 12.0. The van der Waals surface area contributed by atoms with Gasteiger partial charge in [0.05, 0.1) is 17.7 Å². The third kappa shape index (κ3) is 4.96. The Morgan fingerprint density at radius 3 is 2.66 bits per heavy atom. The summed E-state index contributed by atoms with van der Waals surface area (Å²) in [6.45, 7) is 1.89. The molecule has 1 aliphatic heterocycles. The maximum absolute atomic E-state index is 12.2. The molecule has 8 heteroatoms. The van der Waals surface area contributed by atoms with E-state index in [9.17, 15) is 9.59 Å². The molecule has 0 radical (unpaired) electrons. The molecule has 3 rings (SSSR count). The van der Waals surface area contributed by atoms with Crippen molar-refractivity contribution in [3.8, 4) is 11.5 Å². The zero-order valence-corrected chi connectivity index (χ0v) is 17.2. The smallest absolute Gasteiger partial charge is 0.363 e. The second-order valence-corrected chi connectivity index (χ2v) is 6.94. The van der Waals surface area contributed by atoms with Crippen molar-refractivity contribution < 1.29 is 23.8 Å². The monoisotopic (exact) mass is 433 g/mol. The summed E-state index contributed by atoms with van der Waals surface area (Å²) in [5.41, 5.74) is 1.18. The molecule has 0 aliphatic carbocycles. The van der Waals surface area contributed by atoms with Gasteiger partial charge in [-0.3, -0.25) is 4.79 Å². The van der Waals surface area contributed by atoms with Crippen molar-refractivity contribution in [2.24, 2.45) is 4.99 Å². The molecule has 0 atom stereocenters. The number of cyclic esters (lactones) is 1. The molecule has 1 aliphatic rings. The van der Waals surface area contributed by atoms with Crippen LogP contribution in [0.15, 0.2) is 47.1 Å². The van der Waals surface area contributed by atoms with E-state index >= 15 is 0 Å². The molecule has 0 bridgehead atoms. The van der Waals surface area contributed by atoms with Crippen molar-refractivity contribution in [1.82, 2.24) is 0 Å². The van der Waals surface area contributed by atoms with E-state index < -0.39 is 5.97 Å². The van der Waals surface area contributed by atoms with Crippen LogP contribution in [0.4, 0.5) is 0 Å². The predicted octanol–water partition coefficient (Wildman–Crippen LogP) is 5.05. The molecule has 0 saturated heterocycles. The minimum atomic E-state index is -0.608. The van der Waals surface area contributed by atoms with E-state index in [1.54, 1.807) is 42.5 Å². The highest BCUT2D eigenvalue weighted by Crippen LogP contribution is 2.31. The van der Waals surface area contributed by atoms with Gasteiger partial charge in [0.2, 0.25) is 5.90 Å². The van der Waals surface area contributed by atoms with Crippen LogP contribution < -0.4 is 9.47 Å². The molecule has 2 aromatic rings. The minimum absolute atomic E-state index is 0.0972. The number of esters is 2. The molecule has 0 aromatic heterocycles. The molecule has 2 aromatic carbocycles. The molecule has 150 valence electrons. The highest BCUT2D eigenvalue weighted by molar-refractivity contribution is 6.37. The first-order valence-electron chi connectivity index (χ1n) is 8.78. The average Bonchev–Trinajstić information content (AvgIpc) is 3.03. The van der Waals surface area contributed by atoms with E-state index in [4.69, 9.17) is 37.4 Å². The number of benzene rings is 2. The van der Waals surface area contributed by atoms with Gasteiger partial charge in [-0.05, 0) is 48.4 Å². The zero-order valence-electron chi connectivity index (χ0n) is 15.7. The van der Waals surface area contributed by atoms with Crippen molar-refractivity contribution >= 4 is 47.1 Å². The Morgan fingerprint density at radius 1 is 1.17 bits per heavy atom. The Bertz CT molecular complexity index is 1030. The summed E-state index contributed by atoms with van der Waals surface area (Å²) in [5, 5.41) is 0.788. The number of hydrogen-bond donors (Lipinski definition) is 0. The number of carbonyl (C=O) groups is 2. The highest BCUT2D eigenvalue weighted by atomic mass is 35.5. The zero-order chi connectivity index (χ0) is 21.0. The van der Waals surface area contributed by atoms with Crippen molar-refractivity contribution in [3.63, 3.8) is 0 Å². The summed E-state index contributed by atoms with van der Waals surface area (Å²) in [6, 6.07) is 9.71. The fourth-order valence-electron chi connectivity index (χ4n) is 2.58. The Labute approximate surface area is 177 Å². The van der Waals surface area contributed by atoms with Crippen molar-refractivity contribution in [3.05, 3.63) is 63.3 Å². The number of hydrogen-bond acceptors (Lipinski definition) is 6. The number of ether oxygens (including phenoxy) is 3. The molecule has 0 amide bonds. The molecule has 0 saturated carbocycles. The first kappa shape index (κ1) is 20.9. The summed E-state index contributed by atoms with van der Waals surface area (Å²) in [4.78, 5) is 28.2. The molecule has 29 heavy (non-hydrogen) atoms. The van der Waals surface area contributed by atoms with Gasteiger partial charge in [0.25, 0.3) is 0 Å². The summed E-state index contributed by atoms with van der Waals surface area (Å²) in [7, 11) is 1.46. The van der Waals surface area contributed by atoms with Crippen LogP contribution in [0, 0.1) is 0 Å². The topological polar surface area (TPSA) is 74.2 Å². The van der Waals surface area contributed by atoms with E-state index in [1.165, 1.54) is 7.11 Å². The Kier molecular flexibility index (Phi) is 6.56. The molecular formula is C21H17Cl2NO5. The fourth-order valence-corrected chi connectivity index (χ4v) is 3.07. The van der Waals surface area contributed by atoms with Crippen LogP contribution in [0.1, 0.15) is 30.9 Å². The average molecular weight is 434 g/mol. The molecule has 0 N–H and O–H groups in total. The molecule has 1 heterocycles. The van der Waals surface area contributed by atoms with Gasteiger partial charge in [0.1, 0.15) is 0 Å². The lowest BCUT2D eigenvalue weighted by Crippen LogP contribution is -2.08.